The first-order valence-electron chi connectivity index (χ1n) is 7.08. The largest absolute Gasteiger partial charge is 0.493 e. The molecule has 0 radical (unpaired) electrons. The summed E-state index contributed by atoms with van der Waals surface area (Å²) in [7, 11) is -0.888. The van der Waals surface area contributed by atoms with E-state index in [1.165, 1.54) is 44.6 Å². The number of halogens is 1. The van der Waals surface area contributed by atoms with Crippen LogP contribution in [-0.4, -0.2) is 27.9 Å². The predicted octanol–water partition coefficient (Wildman–Crippen LogP) is 3.28. The van der Waals surface area contributed by atoms with E-state index in [1.807, 2.05) is 0 Å². The Morgan fingerprint density at radius 1 is 1.04 bits per heavy atom. The molecule has 0 aliphatic carbocycles. The minimum Gasteiger partial charge on any atom is -0.493 e. The number of sulfonamides is 1. The number of hydrogen-bond donors (Lipinski definition) is 1. The number of ether oxygens (including phenoxy) is 2. The Balaban J connectivity index is 2.22. The maximum Gasteiger partial charge on any atom is 0.262 e. The van der Waals surface area contributed by atoms with Crippen LogP contribution in [0.1, 0.15) is 5.56 Å². The summed E-state index contributed by atoms with van der Waals surface area (Å²) < 4.78 is 37.7. The number of carbonyl (C=O) groups is 1. The van der Waals surface area contributed by atoms with Gasteiger partial charge in [-0.2, -0.15) is 0 Å². The summed E-state index contributed by atoms with van der Waals surface area (Å²) in [5.41, 5.74) is 1.09. The van der Waals surface area contributed by atoms with E-state index in [4.69, 9.17) is 21.1 Å². The second-order valence-electron chi connectivity index (χ2n) is 4.88. The Bertz CT molecular complexity index is 892. The smallest absolute Gasteiger partial charge is 0.262 e. The average molecular weight is 382 g/mol. The molecule has 2 aromatic rings. The number of methoxy groups -OCH3 is 2. The Morgan fingerprint density at radius 2 is 1.68 bits per heavy atom. The predicted molar refractivity (Wildman–Crippen MR) is 96.7 cm³/mol. The van der Waals surface area contributed by atoms with Crippen LogP contribution in [0.2, 0.25) is 0 Å². The van der Waals surface area contributed by atoms with Gasteiger partial charge in [0.1, 0.15) is 0 Å². The van der Waals surface area contributed by atoms with Gasteiger partial charge in [-0.25, -0.2) is 8.42 Å². The van der Waals surface area contributed by atoms with Crippen LogP contribution < -0.4 is 14.2 Å². The van der Waals surface area contributed by atoms with Crippen LogP contribution in [0.4, 0.5) is 5.69 Å². The van der Waals surface area contributed by atoms with Gasteiger partial charge in [0.05, 0.1) is 19.1 Å². The lowest BCUT2D eigenvalue weighted by molar-refractivity contribution is -0.107. The lowest BCUT2D eigenvalue weighted by Gasteiger charge is -2.11. The van der Waals surface area contributed by atoms with E-state index in [2.05, 4.69) is 4.72 Å². The first-order valence-corrected chi connectivity index (χ1v) is 8.94. The highest BCUT2D eigenvalue weighted by molar-refractivity contribution is 7.92. The molecule has 8 heteroatoms. The number of benzene rings is 2. The van der Waals surface area contributed by atoms with Gasteiger partial charge in [-0.1, -0.05) is 18.2 Å². The molecule has 2 rings (SSSR count). The van der Waals surface area contributed by atoms with Crippen molar-refractivity contribution in [2.45, 2.75) is 4.90 Å². The normalized spacial score (nSPS) is 11.3. The minimum atomic E-state index is -3.79. The highest BCUT2D eigenvalue weighted by Crippen LogP contribution is 2.30. The van der Waals surface area contributed by atoms with Crippen LogP contribution in [0.25, 0.3) is 6.08 Å². The van der Waals surface area contributed by atoms with E-state index in [-0.39, 0.29) is 4.90 Å². The molecule has 0 spiro atoms. The van der Waals surface area contributed by atoms with Crippen LogP contribution in [0.3, 0.4) is 0 Å². The van der Waals surface area contributed by atoms with Crippen molar-refractivity contribution < 1.29 is 22.7 Å². The van der Waals surface area contributed by atoms with Crippen molar-refractivity contribution in [3.8, 4) is 11.5 Å². The molecular formula is C17H16ClNO5S. The lowest BCUT2D eigenvalue weighted by atomic mass is 10.2. The molecule has 1 N–H and O–H groups in total. The van der Waals surface area contributed by atoms with Crippen molar-refractivity contribution in [3.05, 3.63) is 54.1 Å². The fourth-order valence-corrected chi connectivity index (χ4v) is 3.16. The highest BCUT2D eigenvalue weighted by Gasteiger charge is 2.17. The van der Waals surface area contributed by atoms with Crippen LogP contribution in [0.5, 0.6) is 11.5 Å². The molecule has 25 heavy (non-hydrogen) atoms. The zero-order valence-electron chi connectivity index (χ0n) is 13.5. The van der Waals surface area contributed by atoms with Crippen molar-refractivity contribution in [3.63, 3.8) is 0 Å². The molecular weight excluding hydrogens is 366 g/mol. The van der Waals surface area contributed by atoms with Gasteiger partial charge < -0.3 is 9.47 Å². The van der Waals surface area contributed by atoms with Crippen molar-refractivity contribution in [2.75, 3.05) is 18.9 Å². The third kappa shape index (κ3) is 4.98. The molecule has 132 valence electrons. The van der Waals surface area contributed by atoms with E-state index in [0.717, 1.165) is 0 Å². The first kappa shape index (κ1) is 18.8. The molecule has 0 saturated heterocycles. The van der Waals surface area contributed by atoms with Gasteiger partial charge in [-0.05, 0) is 47.5 Å². The van der Waals surface area contributed by atoms with Gasteiger partial charge in [0.25, 0.3) is 10.0 Å². The standard InChI is InChI=1S/C17H16ClNO5S/c1-23-15-9-8-14(11-16(15)24-2)25(21,22)19-13-6-3-12(4-7-13)5-10-17(18)20/h3-11,19H,1-2H3/b10-5+. The summed E-state index contributed by atoms with van der Waals surface area (Å²) in [4.78, 5) is 10.7. The van der Waals surface area contributed by atoms with E-state index < -0.39 is 15.3 Å². The van der Waals surface area contributed by atoms with Gasteiger partial charge in [-0.15, -0.1) is 0 Å². The number of anilines is 1. The zero-order valence-corrected chi connectivity index (χ0v) is 15.1. The number of carbonyl (C=O) groups excluding carboxylic acids is 1. The van der Waals surface area contributed by atoms with Crippen LogP contribution in [-0.2, 0) is 14.8 Å². The lowest BCUT2D eigenvalue weighted by Crippen LogP contribution is -2.13. The maximum absolute atomic E-state index is 12.5. The molecule has 0 fully saturated rings. The van der Waals surface area contributed by atoms with Crippen LogP contribution in [0, 0.1) is 0 Å². The topological polar surface area (TPSA) is 81.7 Å². The fourth-order valence-electron chi connectivity index (χ4n) is 2.02. The molecule has 0 bridgehead atoms. The minimum absolute atomic E-state index is 0.0434. The quantitative estimate of drug-likeness (QED) is 0.588. The number of rotatable bonds is 7. The number of nitrogens with one attached hydrogen (secondary N) is 1. The molecule has 2 aromatic carbocycles. The van der Waals surface area contributed by atoms with Crippen molar-refractivity contribution in [1.29, 1.82) is 0 Å². The Hall–Kier alpha value is -2.51. The SMILES string of the molecule is COc1ccc(S(=O)(=O)Nc2ccc(/C=C/C(=O)Cl)cc2)cc1OC. The second-order valence-corrected chi connectivity index (χ2v) is 6.94. The molecule has 0 heterocycles. The summed E-state index contributed by atoms with van der Waals surface area (Å²) in [5, 5.41) is -0.585. The molecule has 0 aromatic heterocycles. The van der Waals surface area contributed by atoms with Gasteiger partial charge in [0.2, 0.25) is 5.24 Å². The van der Waals surface area contributed by atoms with Crippen LogP contribution in [0.15, 0.2) is 53.4 Å². The van der Waals surface area contributed by atoms with Gasteiger partial charge in [0.15, 0.2) is 11.5 Å². The Labute approximate surface area is 151 Å². The third-order valence-electron chi connectivity index (χ3n) is 3.24. The Morgan fingerprint density at radius 3 is 2.24 bits per heavy atom. The number of allylic oxidation sites excluding steroid dienone is 1. The zero-order chi connectivity index (χ0) is 18.4. The fraction of sp³-hybridized carbons (Fsp3) is 0.118. The van der Waals surface area contributed by atoms with Gasteiger partial charge in [0, 0.05) is 11.8 Å². The summed E-state index contributed by atoms with van der Waals surface area (Å²) in [6, 6.07) is 10.8. The summed E-state index contributed by atoms with van der Waals surface area (Å²) in [6.07, 6.45) is 2.74. The van der Waals surface area contributed by atoms with E-state index in [1.54, 1.807) is 24.3 Å². The van der Waals surface area contributed by atoms with Crippen molar-refractivity contribution >= 4 is 38.6 Å². The van der Waals surface area contributed by atoms with Crippen molar-refractivity contribution in [2.24, 2.45) is 0 Å². The van der Waals surface area contributed by atoms with Crippen molar-refractivity contribution in [1.82, 2.24) is 0 Å². The molecule has 0 saturated carbocycles. The average Bonchev–Trinajstić information content (AvgIpc) is 2.60. The van der Waals surface area contributed by atoms with Crippen LogP contribution >= 0.6 is 11.6 Å². The second kappa shape index (κ2) is 8.04. The maximum atomic E-state index is 12.5. The summed E-state index contributed by atoms with van der Waals surface area (Å²) in [6.45, 7) is 0. The highest BCUT2D eigenvalue weighted by atomic mass is 35.5. The van der Waals surface area contributed by atoms with E-state index >= 15 is 0 Å². The molecule has 0 unspecified atom stereocenters. The first-order chi connectivity index (χ1) is 11.9. The Kier molecular flexibility index (Phi) is 6.06. The summed E-state index contributed by atoms with van der Waals surface area (Å²) >= 11 is 5.22. The molecule has 0 aliphatic heterocycles. The van der Waals surface area contributed by atoms with E-state index in [0.29, 0.717) is 22.7 Å². The summed E-state index contributed by atoms with van der Waals surface area (Å²) in [5.74, 6) is 0.753. The third-order valence-corrected chi connectivity index (χ3v) is 4.74. The van der Waals surface area contributed by atoms with Gasteiger partial charge >= 0.3 is 0 Å². The monoisotopic (exact) mass is 381 g/mol. The molecule has 0 atom stereocenters. The van der Waals surface area contributed by atoms with Gasteiger partial charge in [-0.3, -0.25) is 9.52 Å². The molecule has 0 aliphatic rings. The molecule has 0 amide bonds. The molecule has 6 nitrogen and oxygen atoms in total. The van der Waals surface area contributed by atoms with E-state index in [9.17, 15) is 13.2 Å². The number of hydrogen-bond acceptors (Lipinski definition) is 5.